The maximum absolute atomic E-state index is 12.9. The van der Waals surface area contributed by atoms with Gasteiger partial charge >= 0.3 is 17.9 Å². The van der Waals surface area contributed by atoms with E-state index in [0.717, 1.165) is 96.3 Å². The second kappa shape index (κ2) is 59.4. The second-order valence-electron chi connectivity index (χ2n) is 20.2. The van der Waals surface area contributed by atoms with Gasteiger partial charge in [0.1, 0.15) is 13.2 Å². The first-order valence-electron chi connectivity index (χ1n) is 30.4. The average molecular weight is 992 g/mol. The van der Waals surface area contributed by atoms with Gasteiger partial charge in [0.05, 0.1) is 0 Å². The summed E-state index contributed by atoms with van der Waals surface area (Å²) in [6.07, 6.45) is 76.1. The van der Waals surface area contributed by atoms with Crippen LogP contribution in [0, 0.1) is 0 Å². The van der Waals surface area contributed by atoms with Gasteiger partial charge in [-0.1, -0.05) is 267 Å². The summed E-state index contributed by atoms with van der Waals surface area (Å²) in [5, 5.41) is 0. The van der Waals surface area contributed by atoms with Crippen molar-refractivity contribution >= 4 is 17.9 Å². The minimum atomic E-state index is -0.780. The summed E-state index contributed by atoms with van der Waals surface area (Å²) in [5.41, 5.74) is 0. The Kier molecular flexibility index (Phi) is 56.8. The molecule has 0 aromatic rings. The van der Waals surface area contributed by atoms with Crippen LogP contribution in [0.2, 0.25) is 0 Å². The van der Waals surface area contributed by atoms with Crippen molar-refractivity contribution in [1.82, 2.24) is 0 Å². The minimum Gasteiger partial charge on any atom is -0.462 e. The number of hydrogen-bond donors (Lipinski definition) is 0. The molecule has 0 bridgehead atoms. The predicted molar refractivity (Wildman–Crippen MR) is 307 cm³/mol. The number of allylic oxidation sites excluding steroid dienone is 12. The number of carbonyl (C=O) groups is 3. The van der Waals surface area contributed by atoms with Gasteiger partial charge in [-0.15, -0.1) is 0 Å². The molecule has 0 fully saturated rings. The highest BCUT2D eigenvalue weighted by Crippen LogP contribution is 2.16. The number of hydrogen-bond acceptors (Lipinski definition) is 6. The van der Waals surface area contributed by atoms with Gasteiger partial charge in [-0.2, -0.15) is 0 Å². The first-order chi connectivity index (χ1) is 35.0. The fourth-order valence-corrected chi connectivity index (χ4v) is 8.64. The van der Waals surface area contributed by atoms with Crippen LogP contribution in [-0.2, 0) is 28.6 Å². The lowest BCUT2D eigenvalue weighted by Gasteiger charge is -2.18. The first kappa shape index (κ1) is 67.8. The Morgan fingerprint density at radius 2 is 0.549 bits per heavy atom. The third-order valence-corrected chi connectivity index (χ3v) is 13.2. The maximum Gasteiger partial charge on any atom is 0.306 e. The van der Waals surface area contributed by atoms with Crippen molar-refractivity contribution < 1.29 is 28.6 Å². The lowest BCUT2D eigenvalue weighted by atomic mass is 10.0. The van der Waals surface area contributed by atoms with Crippen LogP contribution in [0.25, 0.3) is 0 Å². The van der Waals surface area contributed by atoms with Gasteiger partial charge in [0, 0.05) is 19.3 Å². The molecule has 0 aliphatic rings. The number of carbonyl (C=O) groups excluding carboxylic acids is 3. The highest BCUT2D eigenvalue weighted by atomic mass is 16.6. The SMILES string of the molecule is CC/C=C\C/C=C\C/C=C\C/C=C\CCCCCCCCCCCCC(=O)OCC(COC(=O)CCCCCCCCCCCCCCC)OC(=O)CCCCCCCCC/C=C\C/C=C\CCCCC. The molecule has 0 aromatic carbocycles. The molecular formula is C65H114O6. The van der Waals surface area contributed by atoms with Gasteiger partial charge in [-0.3, -0.25) is 14.4 Å². The normalized spacial score (nSPS) is 12.5. The van der Waals surface area contributed by atoms with Crippen LogP contribution in [0.3, 0.4) is 0 Å². The molecule has 0 rings (SSSR count). The molecule has 0 aromatic heterocycles. The molecule has 0 spiro atoms. The molecule has 410 valence electrons. The van der Waals surface area contributed by atoms with Crippen LogP contribution in [0.1, 0.15) is 303 Å². The van der Waals surface area contributed by atoms with Crippen LogP contribution in [0.5, 0.6) is 0 Å². The van der Waals surface area contributed by atoms with Crippen LogP contribution in [0.15, 0.2) is 72.9 Å². The molecular weight excluding hydrogens is 877 g/mol. The van der Waals surface area contributed by atoms with E-state index < -0.39 is 6.10 Å². The number of ether oxygens (including phenoxy) is 3. The summed E-state index contributed by atoms with van der Waals surface area (Å²) < 4.78 is 16.9. The van der Waals surface area contributed by atoms with E-state index >= 15 is 0 Å². The quantitative estimate of drug-likeness (QED) is 0.0261. The Labute approximate surface area is 440 Å². The highest BCUT2D eigenvalue weighted by molar-refractivity contribution is 5.71. The van der Waals surface area contributed by atoms with Crippen molar-refractivity contribution in [2.24, 2.45) is 0 Å². The molecule has 6 nitrogen and oxygen atoms in total. The lowest BCUT2D eigenvalue weighted by Crippen LogP contribution is -2.30. The average Bonchev–Trinajstić information content (AvgIpc) is 3.37. The van der Waals surface area contributed by atoms with Crippen LogP contribution >= 0.6 is 0 Å². The molecule has 71 heavy (non-hydrogen) atoms. The predicted octanol–water partition coefficient (Wildman–Crippen LogP) is 20.5. The molecule has 1 unspecified atom stereocenters. The molecule has 0 amide bonds. The van der Waals surface area contributed by atoms with Gasteiger partial charge in [-0.05, 0) is 89.9 Å². The van der Waals surface area contributed by atoms with Crippen LogP contribution in [-0.4, -0.2) is 37.2 Å². The summed E-state index contributed by atoms with van der Waals surface area (Å²) in [6.45, 7) is 6.52. The van der Waals surface area contributed by atoms with E-state index in [1.165, 1.54) is 167 Å². The third-order valence-electron chi connectivity index (χ3n) is 13.2. The molecule has 0 saturated carbocycles. The van der Waals surface area contributed by atoms with E-state index in [2.05, 4.69) is 93.7 Å². The van der Waals surface area contributed by atoms with Crippen molar-refractivity contribution in [2.45, 2.75) is 309 Å². The molecule has 0 N–H and O–H groups in total. The standard InChI is InChI=1S/C65H114O6/c1-4-7-10-13-16-19-22-25-27-29-30-31-32-33-34-36-37-40-43-46-49-52-55-58-64(67)70-61-62(60-69-63(66)57-54-51-48-45-42-39-24-21-18-15-12-9-6-3)71-65(68)59-56-53-50-47-44-41-38-35-28-26-23-20-17-14-11-8-5-2/h7,10,16-17,19-20,25-28,30-31,62H,4-6,8-9,11-15,18,21-24,29,32-61H2,1-3H3/b10-7-,19-16-,20-17-,27-25-,28-26-,31-30-. The molecule has 0 heterocycles. The summed E-state index contributed by atoms with van der Waals surface area (Å²) in [5.74, 6) is -0.876. The number of unbranched alkanes of at least 4 members (excludes halogenated alkanes) is 32. The minimum absolute atomic E-state index is 0.0769. The summed E-state index contributed by atoms with van der Waals surface area (Å²) in [7, 11) is 0. The first-order valence-corrected chi connectivity index (χ1v) is 30.4. The highest BCUT2D eigenvalue weighted by Gasteiger charge is 2.19. The zero-order valence-electron chi connectivity index (χ0n) is 47.0. The molecule has 0 saturated heterocycles. The van der Waals surface area contributed by atoms with E-state index in [9.17, 15) is 14.4 Å². The van der Waals surface area contributed by atoms with Gasteiger partial charge in [-0.25, -0.2) is 0 Å². The lowest BCUT2D eigenvalue weighted by molar-refractivity contribution is -0.167. The zero-order chi connectivity index (χ0) is 51.4. The van der Waals surface area contributed by atoms with Crippen LogP contribution in [0.4, 0.5) is 0 Å². The maximum atomic E-state index is 12.9. The smallest absolute Gasteiger partial charge is 0.306 e. The van der Waals surface area contributed by atoms with Gasteiger partial charge in [0.25, 0.3) is 0 Å². The molecule has 0 aliphatic carbocycles. The summed E-state index contributed by atoms with van der Waals surface area (Å²) in [4.78, 5) is 38.2. The Morgan fingerprint density at radius 1 is 0.296 bits per heavy atom. The number of rotatable bonds is 55. The van der Waals surface area contributed by atoms with Crippen molar-refractivity contribution in [3.63, 3.8) is 0 Å². The van der Waals surface area contributed by atoms with Crippen molar-refractivity contribution in [3.8, 4) is 0 Å². The Morgan fingerprint density at radius 3 is 0.887 bits per heavy atom. The summed E-state index contributed by atoms with van der Waals surface area (Å²) in [6, 6.07) is 0. The van der Waals surface area contributed by atoms with Crippen LogP contribution < -0.4 is 0 Å². The van der Waals surface area contributed by atoms with Crippen molar-refractivity contribution in [3.05, 3.63) is 72.9 Å². The molecule has 0 aliphatic heterocycles. The monoisotopic (exact) mass is 991 g/mol. The van der Waals surface area contributed by atoms with E-state index in [1.54, 1.807) is 0 Å². The van der Waals surface area contributed by atoms with Gasteiger partial charge in [0.15, 0.2) is 6.10 Å². The van der Waals surface area contributed by atoms with Gasteiger partial charge < -0.3 is 14.2 Å². The topological polar surface area (TPSA) is 78.9 Å². The molecule has 0 radical (unpaired) electrons. The second-order valence-corrected chi connectivity index (χ2v) is 20.2. The van der Waals surface area contributed by atoms with Crippen molar-refractivity contribution in [2.75, 3.05) is 13.2 Å². The Bertz CT molecular complexity index is 1320. The fourth-order valence-electron chi connectivity index (χ4n) is 8.64. The van der Waals surface area contributed by atoms with Crippen molar-refractivity contribution in [1.29, 1.82) is 0 Å². The van der Waals surface area contributed by atoms with E-state index in [0.29, 0.717) is 19.3 Å². The third kappa shape index (κ3) is 57.6. The Hall–Kier alpha value is -3.15. The van der Waals surface area contributed by atoms with E-state index in [4.69, 9.17) is 14.2 Å². The van der Waals surface area contributed by atoms with Gasteiger partial charge in [0.2, 0.25) is 0 Å². The Balaban J connectivity index is 4.33. The molecule has 6 heteroatoms. The summed E-state index contributed by atoms with van der Waals surface area (Å²) >= 11 is 0. The largest absolute Gasteiger partial charge is 0.462 e. The number of esters is 3. The fraction of sp³-hybridized carbons (Fsp3) is 0.769. The molecule has 1 atom stereocenters. The van der Waals surface area contributed by atoms with E-state index in [1.807, 2.05) is 0 Å². The van der Waals surface area contributed by atoms with E-state index in [-0.39, 0.29) is 31.1 Å². The zero-order valence-corrected chi connectivity index (χ0v) is 47.0.